The molecule has 1 amide bonds. The van der Waals surface area contributed by atoms with E-state index in [1.807, 2.05) is 44.2 Å². The molecule has 1 aromatic heterocycles. The van der Waals surface area contributed by atoms with Crippen molar-refractivity contribution >= 4 is 18.3 Å². The highest BCUT2D eigenvalue weighted by Crippen LogP contribution is 2.09. The summed E-state index contributed by atoms with van der Waals surface area (Å²) in [6, 6.07) is 11.0. The van der Waals surface area contributed by atoms with Gasteiger partial charge in [-0.2, -0.15) is 0 Å². The van der Waals surface area contributed by atoms with E-state index in [0.717, 1.165) is 10.1 Å². The van der Waals surface area contributed by atoms with Gasteiger partial charge in [0.25, 0.3) is 5.56 Å². The molecule has 7 nitrogen and oxygen atoms in total. The van der Waals surface area contributed by atoms with E-state index >= 15 is 0 Å². The molecule has 0 aliphatic carbocycles. The van der Waals surface area contributed by atoms with E-state index in [1.54, 1.807) is 4.90 Å². The number of rotatable bonds is 4. The Kier molecular flexibility index (Phi) is 6.98. The van der Waals surface area contributed by atoms with Crippen LogP contribution in [0.25, 0.3) is 0 Å². The lowest BCUT2D eigenvalue weighted by Crippen LogP contribution is -2.58. The third-order valence-corrected chi connectivity index (χ3v) is 4.98. The molecule has 2 aromatic rings. The Balaban J connectivity index is 0.00000261. The van der Waals surface area contributed by atoms with Crippen molar-refractivity contribution in [1.82, 2.24) is 19.4 Å². The number of benzene rings is 1. The average molecular weight is 393 g/mol. The van der Waals surface area contributed by atoms with Crippen molar-refractivity contribution in [3.05, 3.63) is 69.0 Å². The van der Waals surface area contributed by atoms with Crippen LogP contribution in [-0.2, 0) is 17.9 Å². The van der Waals surface area contributed by atoms with Crippen molar-refractivity contribution in [3.8, 4) is 0 Å². The van der Waals surface area contributed by atoms with Crippen LogP contribution in [0.15, 0.2) is 52.2 Å². The van der Waals surface area contributed by atoms with Crippen LogP contribution in [0, 0.1) is 0 Å². The zero-order valence-corrected chi connectivity index (χ0v) is 16.3. The number of hydrogen-bond acceptors (Lipinski definition) is 4. The molecule has 1 fully saturated rings. The van der Waals surface area contributed by atoms with Crippen LogP contribution in [0.2, 0.25) is 0 Å². The number of piperazine rings is 1. The van der Waals surface area contributed by atoms with Crippen LogP contribution in [0.5, 0.6) is 0 Å². The quantitative estimate of drug-likeness (QED) is 0.830. The molecular weight excluding hydrogens is 368 g/mol. The molecule has 3 rings (SSSR count). The van der Waals surface area contributed by atoms with E-state index in [9.17, 15) is 14.4 Å². The van der Waals surface area contributed by atoms with Crippen molar-refractivity contribution in [2.45, 2.75) is 39.0 Å². The lowest BCUT2D eigenvalue weighted by atomic mass is 10.1. The molecule has 8 heteroatoms. The second-order valence-electron chi connectivity index (χ2n) is 6.71. The summed E-state index contributed by atoms with van der Waals surface area (Å²) >= 11 is 0. The number of hydrogen-bond donors (Lipinski definition) is 1. The predicted octanol–water partition coefficient (Wildman–Crippen LogP) is 0.689. The normalized spacial score (nSPS) is 19.4. The zero-order valence-electron chi connectivity index (χ0n) is 15.5. The lowest BCUT2D eigenvalue weighted by molar-refractivity contribution is -0.135. The molecule has 1 aromatic carbocycles. The van der Waals surface area contributed by atoms with Crippen LogP contribution in [0.3, 0.4) is 0 Å². The molecule has 1 saturated heterocycles. The minimum Gasteiger partial charge on any atom is -0.336 e. The minimum atomic E-state index is -0.467. The van der Waals surface area contributed by atoms with Gasteiger partial charge in [0, 0.05) is 37.4 Å². The number of amides is 1. The fraction of sp³-hybridized carbons (Fsp3) is 0.421. The first-order chi connectivity index (χ1) is 12.5. The van der Waals surface area contributed by atoms with Crippen molar-refractivity contribution in [1.29, 1.82) is 0 Å². The number of halogens is 1. The highest BCUT2D eigenvalue weighted by atomic mass is 35.5. The maximum atomic E-state index is 12.7. The van der Waals surface area contributed by atoms with Crippen LogP contribution < -0.4 is 16.6 Å². The van der Waals surface area contributed by atoms with E-state index in [4.69, 9.17) is 0 Å². The summed E-state index contributed by atoms with van der Waals surface area (Å²) in [5.41, 5.74) is 0.0321. The molecule has 1 aliphatic heterocycles. The minimum absolute atomic E-state index is 0. The summed E-state index contributed by atoms with van der Waals surface area (Å²) in [5, 5.41) is 3.31. The second kappa shape index (κ2) is 9.01. The van der Waals surface area contributed by atoms with Gasteiger partial charge in [0.05, 0.1) is 6.54 Å². The highest BCUT2D eigenvalue weighted by Gasteiger charge is 2.28. The van der Waals surface area contributed by atoms with Crippen LogP contribution in [0.4, 0.5) is 0 Å². The molecule has 27 heavy (non-hydrogen) atoms. The van der Waals surface area contributed by atoms with Gasteiger partial charge in [-0.1, -0.05) is 30.3 Å². The number of nitrogens with one attached hydrogen (secondary N) is 1. The fourth-order valence-electron chi connectivity index (χ4n) is 3.24. The largest absolute Gasteiger partial charge is 0.336 e. The zero-order chi connectivity index (χ0) is 18.7. The predicted molar refractivity (Wildman–Crippen MR) is 106 cm³/mol. The van der Waals surface area contributed by atoms with Crippen LogP contribution in [-0.4, -0.2) is 45.1 Å². The van der Waals surface area contributed by atoms with Gasteiger partial charge in [-0.3, -0.25) is 18.7 Å². The Bertz CT molecular complexity index is 894. The summed E-state index contributed by atoms with van der Waals surface area (Å²) in [7, 11) is 0. The van der Waals surface area contributed by atoms with E-state index in [2.05, 4.69) is 5.32 Å². The first kappa shape index (κ1) is 20.9. The topological polar surface area (TPSA) is 76.3 Å². The summed E-state index contributed by atoms with van der Waals surface area (Å²) in [6.45, 7) is 5.39. The number of nitrogens with zero attached hydrogens (tertiary/aromatic N) is 3. The van der Waals surface area contributed by atoms with Gasteiger partial charge in [0.15, 0.2) is 0 Å². The van der Waals surface area contributed by atoms with Gasteiger partial charge in [-0.15, -0.1) is 12.4 Å². The number of carbonyl (C=O) groups excluding carboxylic acids is 1. The molecule has 1 N–H and O–H groups in total. The van der Waals surface area contributed by atoms with Gasteiger partial charge in [-0.25, -0.2) is 4.79 Å². The summed E-state index contributed by atoms with van der Waals surface area (Å²) in [5.74, 6) is -0.206. The Morgan fingerprint density at radius 3 is 2.56 bits per heavy atom. The Hall–Kier alpha value is -2.38. The van der Waals surface area contributed by atoms with Crippen molar-refractivity contribution in [2.24, 2.45) is 0 Å². The standard InChI is InChI=1S/C19H24N4O3.ClH/c1-14-15(2)22(11-9-20-14)18(25)13-23-17(24)8-10-21(19(23)26)12-16-6-4-3-5-7-16;/h3-8,10,14-15,20H,9,11-13H2,1-2H3;1H. The van der Waals surface area contributed by atoms with E-state index in [-0.39, 0.29) is 36.9 Å². The van der Waals surface area contributed by atoms with Gasteiger partial charge in [0.2, 0.25) is 5.91 Å². The molecule has 0 radical (unpaired) electrons. The van der Waals surface area contributed by atoms with Gasteiger partial charge >= 0.3 is 5.69 Å². The van der Waals surface area contributed by atoms with Crippen molar-refractivity contribution in [3.63, 3.8) is 0 Å². The molecule has 2 heterocycles. The number of carbonyl (C=O) groups is 1. The Morgan fingerprint density at radius 2 is 1.85 bits per heavy atom. The van der Waals surface area contributed by atoms with E-state index < -0.39 is 11.2 Å². The van der Waals surface area contributed by atoms with Gasteiger partial charge in [-0.05, 0) is 19.4 Å². The molecular formula is C19H25ClN4O3. The van der Waals surface area contributed by atoms with E-state index in [1.165, 1.54) is 16.8 Å². The summed E-state index contributed by atoms with van der Waals surface area (Å²) in [6.07, 6.45) is 1.48. The fourth-order valence-corrected chi connectivity index (χ4v) is 3.24. The molecule has 0 bridgehead atoms. The first-order valence-corrected chi connectivity index (χ1v) is 8.84. The highest BCUT2D eigenvalue weighted by molar-refractivity contribution is 5.85. The SMILES string of the molecule is CC1NCCN(C(=O)Cn2c(=O)ccn(Cc3ccccc3)c2=O)C1C.Cl. The smallest absolute Gasteiger partial charge is 0.331 e. The monoisotopic (exact) mass is 392 g/mol. The third-order valence-electron chi connectivity index (χ3n) is 4.98. The maximum absolute atomic E-state index is 12.7. The Labute approximate surface area is 164 Å². The molecule has 1 aliphatic rings. The average Bonchev–Trinajstić information content (AvgIpc) is 2.64. The van der Waals surface area contributed by atoms with Crippen LogP contribution >= 0.6 is 12.4 Å². The molecule has 2 unspecified atom stereocenters. The Morgan fingerprint density at radius 1 is 1.15 bits per heavy atom. The first-order valence-electron chi connectivity index (χ1n) is 8.84. The van der Waals surface area contributed by atoms with Crippen molar-refractivity contribution < 1.29 is 4.79 Å². The maximum Gasteiger partial charge on any atom is 0.331 e. The van der Waals surface area contributed by atoms with E-state index in [0.29, 0.717) is 19.6 Å². The van der Waals surface area contributed by atoms with Gasteiger partial charge < -0.3 is 10.2 Å². The van der Waals surface area contributed by atoms with Gasteiger partial charge in [0.1, 0.15) is 6.54 Å². The summed E-state index contributed by atoms with van der Waals surface area (Å²) in [4.78, 5) is 39.3. The number of aromatic nitrogens is 2. The molecule has 0 spiro atoms. The second-order valence-corrected chi connectivity index (χ2v) is 6.71. The molecule has 0 saturated carbocycles. The third kappa shape index (κ3) is 4.67. The molecule has 2 atom stereocenters. The van der Waals surface area contributed by atoms with Crippen molar-refractivity contribution in [2.75, 3.05) is 13.1 Å². The lowest BCUT2D eigenvalue weighted by Gasteiger charge is -2.38. The van der Waals surface area contributed by atoms with Crippen LogP contribution in [0.1, 0.15) is 19.4 Å². The molecule has 146 valence electrons. The summed E-state index contributed by atoms with van der Waals surface area (Å²) < 4.78 is 2.47.